The summed E-state index contributed by atoms with van der Waals surface area (Å²) < 4.78 is 0. The second-order valence-corrected chi connectivity index (χ2v) is 7.37. The van der Waals surface area contributed by atoms with E-state index in [9.17, 15) is 14.4 Å². The summed E-state index contributed by atoms with van der Waals surface area (Å²) in [6.07, 6.45) is 1.09. The van der Waals surface area contributed by atoms with Crippen molar-refractivity contribution in [3.05, 3.63) is 59.4 Å². The van der Waals surface area contributed by atoms with Crippen LogP contribution in [0.3, 0.4) is 0 Å². The van der Waals surface area contributed by atoms with Crippen LogP contribution >= 0.6 is 0 Å². The summed E-state index contributed by atoms with van der Waals surface area (Å²) in [5.41, 5.74) is 0.549. The van der Waals surface area contributed by atoms with E-state index < -0.39 is 11.9 Å². The maximum absolute atomic E-state index is 13.1. The number of nitrogens with zero attached hydrogens (tertiary/aromatic N) is 2. The van der Waals surface area contributed by atoms with Crippen molar-refractivity contribution in [3.63, 3.8) is 0 Å². The quantitative estimate of drug-likeness (QED) is 0.847. The van der Waals surface area contributed by atoms with E-state index in [-0.39, 0.29) is 17.3 Å². The van der Waals surface area contributed by atoms with Crippen LogP contribution in [0, 0.1) is 11.8 Å². The lowest BCUT2D eigenvalue weighted by molar-refractivity contribution is 0.0623. The molecule has 0 saturated carbocycles. The maximum Gasteiger partial charge on any atom is 0.354 e. The molecule has 1 aliphatic rings. The van der Waals surface area contributed by atoms with Gasteiger partial charge in [-0.3, -0.25) is 9.59 Å². The van der Waals surface area contributed by atoms with Crippen molar-refractivity contribution >= 4 is 23.5 Å². The molecule has 7 nitrogen and oxygen atoms in total. The Morgan fingerprint density at radius 1 is 1.00 bits per heavy atom. The van der Waals surface area contributed by atoms with E-state index in [0.29, 0.717) is 36.2 Å². The Kier molecular flexibility index (Phi) is 5.73. The lowest BCUT2D eigenvalue weighted by Gasteiger charge is -2.35. The van der Waals surface area contributed by atoms with Gasteiger partial charge in [0.2, 0.25) is 0 Å². The number of para-hydroxylation sites is 1. The van der Waals surface area contributed by atoms with Gasteiger partial charge in [-0.1, -0.05) is 32.0 Å². The van der Waals surface area contributed by atoms with Crippen LogP contribution in [-0.2, 0) is 0 Å². The largest absolute Gasteiger partial charge is 0.477 e. The van der Waals surface area contributed by atoms with Crippen molar-refractivity contribution in [1.29, 1.82) is 0 Å². The molecular formula is C21H23N3O4. The molecule has 0 radical (unpaired) electrons. The number of carboxylic acid groups (broad SMARTS) is 1. The Labute approximate surface area is 163 Å². The Hall–Kier alpha value is -3.22. The average molecular weight is 381 g/mol. The molecule has 2 N–H and O–H groups in total. The average Bonchev–Trinajstić information content (AvgIpc) is 2.67. The molecule has 1 fully saturated rings. The van der Waals surface area contributed by atoms with Crippen LogP contribution in [0.5, 0.6) is 0 Å². The molecule has 1 aromatic carbocycles. The van der Waals surface area contributed by atoms with Crippen LogP contribution in [0.1, 0.15) is 51.6 Å². The topological polar surface area (TPSA) is 99.6 Å². The number of hydrogen-bond acceptors (Lipinski definition) is 4. The molecule has 28 heavy (non-hydrogen) atoms. The third-order valence-corrected chi connectivity index (χ3v) is 4.76. The number of piperidine rings is 1. The number of likely N-dealkylation sites (tertiary alicyclic amines) is 1. The van der Waals surface area contributed by atoms with Crippen molar-refractivity contribution in [2.24, 2.45) is 11.8 Å². The van der Waals surface area contributed by atoms with Gasteiger partial charge in [0.15, 0.2) is 0 Å². The zero-order valence-corrected chi connectivity index (χ0v) is 15.9. The van der Waals surface area contributed by atoms with Crippen molar-refractivity contribution < 1.29 is 19.5 Å². The minimum absolute atomic E-state index is 0.0256. The fourth-order valence-electron chi connectivity index (χ4n) is 3.64. The van der Waals surface area contributed by atoms with Gasteiger partial charge in [-0.15, -0.1) is 0 Å². The van der Waals surface area contributed by atoms with Gasteiger partial charge in [-0.25, -0.2) is 9.78 Å². The highest BCUT2D eigenvalue weighted by Crippen LogP contribution is 2.25. The molecule has 2 atom stereocenters. The highest BCUT2D eigenvalue weighted by atomic mass is 16.4. The van der Waals surface area contributed by atoms with Crippen LogP contribution in [0.4, 0.5) is 5.69 Å². The second kappa shape index (κ2) is 8.21. The van der Waals surface area contributed by atoms with E-state index in [1.165, 1.54) is 18.2 Å². The van der Waals surface area contributed by atoms with Crippen LogP contribution in [0.15, 0.2) is 42.5 Å². The summed E-state index contributed by atoms with van der Waals surface area (Å²) in [4.78, 5) is 42.3. The van der Waals surface area contributed by atoms with Crippen LogP contribution in [0.2, 0.25) is 0 Å². The van der Waals surface area contributed by atoms with Crippen LogP contribution in [-0.4, -0.2) is 45.9 Å². The molecular weight excluding hydrogens is 358 g/mol. The SMILES string of the molecule is CC1CC(C)CN(C(=O)c2ccccc2NC(=O)c2cccc(C(=O)O)n2)C1. The molecule has 0 aliphatic carbocycles. The second-order valence-electron chi connectivity index (χ2n) is 7.37. The smallest absolute Gasteiger partial charge is 0.354 e. The summed E-state index contributed by atoms with van der Waals surface area (Å²) in [6.45, 7) is 5.64. The number of carbonyl (C=O) groups excluding carboxylic acids is 2. The summed E-state index contributed by atoms with van der Waals surface area (Å²) in [7, 11) is 0. The van der Waals surface area contributed by atoms with Crippen molar-refractivity contribution in [1.82, 2.24) is 9.88 Å². The Morgan fingerprint density at radius 2 is 1.64 bits per heavy atom. The number of benzene rings is 1. The third kappa shape index (κ3) is 4.36. The highest BCUT2D eigenvalue weighted by Gasteiger charge is 2.27. The first-order valence-corrected chi connectivity index (χ1v) is 9.25. The Balaban J connectivity index is 1.82. The molecule has 7 heteroatoms. The molecule has 0 spiro atoms. The number of rotatable bonds is 4. The fraction of sp³-hybridized carbons (Fsp3) is 0.333. The number of carboxylic acids is 1. The Bertz CT molecular complexity index is 902. The number of hydrogen-bond donors (Lipinski definition) is 2. The van der Waals surface area contributed by atoms with Gasteiger partial charge in [0, 0.05) is 13.1 Å². The van der Waals surface area contributed by atoms with E-state index in [2.05, 4.69) is 24.1 Å². The fourth-order valence-corrected chi connectivity index (χ4v) is 3.64. The molecule has 1 aromatic heterocycles. The molecule has 0 bridgehead atoms. The van der Waals surface area contributed by atoms with Gasteiger partial charge >= 0.3 is 5.97 Å². The Morgan fingerprint density at radius 3 is 2.32 bits per heavy atom. The predicted octanol–water partition coefficient (Wildman–Crippen LogP) is 3.15. The van der Waals surface area contributed by atoms with E-state index >= 15 is 0 Å². The van der Waals surface area contributed by atoms with Crippen LogP contribution in [0.25, 0.3) is 0 Å². The van der Waals surface area contributed by atoms with Crippen molar-refractivity contribution in [2.75, 3.05) is 18.4 Å². The first-order valence-electron chi connectivity index (χ1n) is 9.25. The van der Waals surface area contributed by atoms with Gasteiger partial charge in [-0.2, -0.15) is 0 Å². The molecule has 2 aromatic rings. The van der Waals surface area contributed by atoms with E-state index in [0.717, 1.165) is 6.42 Å². The number of aromatic nitrogens is 1. The first kappa shape index (κ1) is 19.5. The van der Waals surface area contributed by atoms with Gasteiger partial charge in [0.05, 0.1) is 11.3 Å². The van der Waals surface area contributed by atoms with E-state index in [1.807, 2.05) is 4.90 Å². The standard InChI is InChI=1S/C21H23N3O4/c1-13-10-14(2)12-24(11-13)20(26)15-6-3-4-7-16(15)23-19(25)17-8-5-9-18(22-17)21(27)28/h3-9,13-14H,10-12H2,1-2H3,(H,23,25)(H,27,28). The van der Waals surface area contributed by atoms with Crippen molar-refractivity contribution in [3.8, 4) is 0 Å². The van der Waals surface area contributed by atoms with Gasteiger partial charge in [0.25, 0.3) is 11.8 Å². The number of anilines is 1. The molecule has 146 valence electrons. The predicted molar refractivity (Wildman–Crippen MR) is 104 cm³/mol. The summed E-state index contributed by atoms with van der Waals surface area (Å²) >= 11 is 0. The first-order chi connectivity index (χ1) is 13.3. The van der Waals surface area contributed by atoms with E-state index in [1.54, 1.807) is 24.3 Å². The molecule has 1 aliphatic heterocycles. The molecule has 3 rings (SSSR count). The van der Waals surface area contributed by atoms with Crippen LogP contribution < -0.4 is 5.32 Å². The number of amides is 2. The lowest BCUT2D eigenvalue weighted by Crippen LogP contribution is -2.42. The number of carbonyl (C=O) groups is 3. The molecule has 2 amide bonds. The zero-order chi connectivity index (χ0) is 20.3. The number of pyridine rings is 1. The van der Waals surface area contributed by atoms with E-state index in [4.69, 9.17) is 5.11 Å². The monoisotopic (exact) mass is 381 g/mol. The summed E-state index contributed by atoms with van der Waals surface area (Å²) in [5.74, 6) is -1.04. The number of aromatic carboxylic acids is 1. The minimum Gasteiger partial charge on any atom is -0.477 e. The normalized spacial score (nSPS) is 19.1. The molecule has 1 saturated heterocycles. The maximum atomic E-state index is 13.1. The minimum atomic E-state index is -1.21. The lowest BCUT2D eigenvalue weighted by atomic mass is 9.91. The van der Waals surface area contributed by atoms with Gasteiger partial charge < -0.3 is 15.3 Å². The number of nitrogens with one attached hydrogen (secondary N) is 1. The van der Waals surface area contributed by atoms with Gasteiger partial charge in [0.1, 0.15) is 11.4 Å². The van der Waals surface area contributed by atoms with Crippen molar-refractivity contribution in [2.45, 2.75) is 20.3 Å². The third-order valence-electron chi connectivity index (χ3n) is 4.76. The molecule has 2 heterocycles. The molecule has 2 unspecified atom stereocenters. The van der Waals surface area contributed by atoms with Gasteiger partial charge in [-0.05, 0) is 42.5 Å². The summed E-state index contributed by atoms with van der Waals surface area (Å²) in [5, 5.41) is 11.7. The zero-order valence-electron chi connectivity index (χ0n) is 15.9. The highest BCUT2D eigenvalue weighted by molar-refractivity contribution is 6.08. The summed E-state index contributed by atoms with van der Waals surface area (Å²) in [6, 6.07) is 11.0.